The van der Waals surface area contributed by atoms with Gasteiger partial charge in [0.15, 0.2) is 0 Å². The number of benzene rings is 2. The molecule has 0 spiro atoms. The molecule has 20 heavy (non-hydrogen) atoms. The average molecular weight is 324 g/mol. The number of rotatable bonds is 2. The van der Waals surface area contributed by atoms with Gasteiger partial charge in [-0.1, -0.05) is 34.1 Å². The van der Waals surface area contributed by atoms with Crippen molar-refractivity contribution >= 4 is 38.3 Å². The van der Waals surface area contributed by atoms with Gasteiger partial charge in [0.25, 0.3) is 0 Å². The molecule has 1 aromatic heterocycles. The Morgan fingerprint density at radius 1 is 1.05 bits per heavy atom. The fraction of sp³-hybridized carbons (Fsp3) is 0. The molecule has 0 saturated carbocycles. The third-order valence-corrected chi connectivity index (χ3v) is 3.48. The number of fused-ring (bicyclic) bond motifs is 1. The first-order valence-electron chi connectivity index (χ1n) is 6.09. The van der Waals surface area contributed by atoms with E-state index in [2.05, 4.69) is 32.3 Å². The average Bonchev–Trinajstić information content (AvgIpc) is 2.49. The van der Waals surface area contributed by atoms with Crippen LogP contribution in [0.3, 0.4) is 0 Å². The summed E-state index contributed by atoms with van der Waals surface area (Å²) in [5.74, 6) is 0.577. The minimum atomic E-state index is 0.534. The molecule has 1 N–H and O–H groups in total. The van der Waals surface area contributed by atoms with Gasteiger partial charge in [-0.05, 0) is 36.4 Å². The van der Waals surface area contributed by atoms with E-state index >= 15 is 0 Å². The second-order valence-corrected chi connectivity index (χ2v) is 5.24. The number of para-hydroxylation sites is 1. The van der Waals surface area contributed by atoms with Crippen LogP contribution in [0.5, 0.6) is 0 Å². The highest BCUT2D eigenvalue weighted by Gasteiger charge is 2.06. The van der Waals surface area contributed by atoms with Crippen molar-refractivity contribution in [2.45, 2.75) is 0 Å². The van der Waals surface area contributed by atoms with Gasteiger partial charge in [-0.2, -0.15) is 5.26 Å². The summed E-state index contributed by atoms with van der Waals surface area (Å²) in [4.78, 5) is 4.52. The molecule has 3 rings (SSSR count). The summed E-state index contributed by atoms with van der Waals surface area (Å²) in [5, 5.41) is 13.4. The van der Waals surface area contributed by atoms with Crippen molar-refractivity contribution in [3.63, 3.8) is 0 Å². The quantitative estimate of drug-likeness (QED) is 0.749. The summed E-state index contributed by atoms with van der Waals surface area (Å²) >= 11 is 3.40. The number of anilines is 2. The highest BCUT2D eigenvalue weighted by Crippen LogP contribution is 2.24. The molecule has 96 valence electrons. The van der Waals surface area contributed by atoms with Crippen molar-refractivity contribution in [1.82, 2.24) is 4.98 Å². The normalized spacial score (nSPS) is 10.2. The fourth-order valence-corrected chi connectivity index (χ4v) is 2.23. The number of halogens is 1. The lowest BCUT2D eigenvalue weighted by Gasteiger charge is -2.09. The third kappa shape index (κ3) is 2.49. The van der Waals surface area contributed by atoms with E-state index < -0.39 is 0 Å². The summed E-state index contributed by atoms with van der Waals surface area (Å²) in [7, 11) is 0. The molecule has 0 aliphatic rings. The number of hydrogen-bond donors (Lipinski definition) is 1. The predicted molar refractivity (Wildman–Crippen MR) is 83.9 cm³/mol. The molecular formula is C16H10BrN3. The van der Waals surface area contributed by atoms with E-state index in [9.17, 15) is 5.26 Å². The van der Waals surface area contributed by atoms with E-state index in [-0.39, 0.29) is 0 Å². The smallest absolute Gasteiger partial charge is 0.149 e. The van der Waals surface area contributed by atoms with Gasteiger partial charge in [0, 0.05) is 15.5 Å². The second kappa shape index (κ2) is 5.32. The molecule has 2 aromatic carbocycles. The van der Waals surface area contributed by atoms with E-state index in [1.807, 2.05) is 54.6 Å². The molecule has 1 heterocycles. The monoisotopic (exact) mass is 323 g/mol. The van der Waals surface area contributed by atoms with Crippen LogP contribution in [0.4, 0.5) is 11.5 Å². The van der Waals surface area contributed by atoms with Crippen LogP contribution in [0.15, 0.2) is 59.1 Å². The molecule has 3 nitrogen and oxygen atoms in total. The first kappa shape index (κ1) is 12.6. The standard InChI is InChI=1S/C16H10BrN3/c17-13-5-7-14(8-6-13)19-16-12(10-18)9-11-3-1-2-4-15(11)20-16/h1-9H,(H,19,20). The van der Waals surface area contributed by atoms with Gasteiger partial charge in [-0.25, -0.2) is 4.98 Å². The first-order chi connectivity index (χ1) is 9.76. The van der Waals surface area contributed by atoms with E-state index in [1.54, 1.807) is 0 Å². The van der Waals surface area contributed by atoms with Gasteiger partial charge in [0.2, 0.25) is 0 Å². The van der Waals surface area contributed by atoms with Gasteiger partial charge < -0.3 is 5.32 Å². The van der Waals surface area contributed by atoms with Gasteiger partial charge in [-0.3, -0.25) is 0 Å². The minimum absolute atomic E-state index is 0.534. The Bertz CT molecular complexity index is 804. The van der Waals surface area contributed by atoms with Gasteiger partial charge in [-0.15, -0.1) is 0 Å². The molecule has 3 aromatic rings. The Kier molecular flexibility index (Phi) is 3.36. The van der Waals surface area contributed by atoms with Gasteiger partial charge in [0.05, 0.1) is 11.1 Å². The van der Waals surface area contributed by atoms with E-state index in [4.69, 9.17) is 0 Å². The lowest BCUT2D eigenvalue weighted by atomic mass is 10.1. The largest absolute Gasteiger partial charge is 0.339 e. The van der Waals surface area contributed by atoms with E-state index in [0.29, 0.717) is 11.4 Å². The number of nitriles is 1. The zero-order valence-electron chi connectivity index (χ0n) is 10.5. The van der Waals surface area contributed by atoms with Crippen LogP contribution in [0.1, 0.15) is 5.56 Å². The highest BCUT2D eigenvalue weighted by molar-refractivity contribution is 9.10. The van der Waals surface area contributed by atoms with Crippen LogP contribution >= 0.6 is 15.9 Å². The number of pyridine rings is 1. The number of aromatic nitrogens is 1. The number of nitrogens with zero attached hydrogens (tertiary/aromatic N) is 2. The van der Waals surface area contributed by atoms with Crippen molar-refractivity contribution in [1.29, 1.82) is 5.26 Å². The first-order valence-corrected chi connectivity index (χ1v) is 6.88. The van der Waals surface area contributed by atoms with Crippen LogP contribution in [0.25, 0.3) is 10.9 Å². The Morgan fingerprint density at radius 2 is 1.80 bits per heavy atom. The molecule has 0 unspecified atom stereocenters. The predicted octanol–water partition coefficient (Wildman–Crippen LogP) is 4.61. The lowest BCUT2D eigenvalue weighted by molar-refractivity contribution is 1.34. The molecule has 0 fully saturated rings. The molecule has 0 saturated heterocycles. The van der Waals surface area contributed by atoms with Crippen LogP contribution in [0.2, 0.25) is 0 Å². The zero-order valence-corrected chi connectivity index (χ0v) is 12.1. The van der Waals surface area contributed by atoms with Crippen LogP contribution in [0, 0.1) is 11.3 Å². The van der Waals surface area contributed by atoms with Crippen molar-refractivity contribution in [3.05, 3.63) is 64.6 Å². The van der Waals surface area contributed by atoms with E-state index in [0.717, 1.165) is 21.1 Å². The second-order valence-electron chi connectivity index (χ2n) is 4.32. The molecule has 0 aliphatic carbocycles. The number of hydrogen-bond acceptors (Lipinski definition) is 3. The Balaban J connectivity index is 2.06. The Hall–Kier alpha value is -2.38. The Labute approximate surface area is 125 Å². The summed E-state index contributed by atoms with van der Waals surface area (Å²) in [6.45, 7) is 0. The summed E-state index contributed by atoms with van der Waals surface area (Å²) in [6.07, 6.45) is 0. The maximum atomic E-state index is 9.26. The molecular weight excluding hydrogens is 314 g/mol. The van der Waals surface area contributed by atoms with Crippen molar-refractivity contribution < 1.29 is 0 Å². The highest BCUT2D eigenvalue weighted by atomic mass is 79.9. The van der Waals surface area contributed by atoms with Crippen LogP contribution in [-0.4, -0.2) is 4.98 Å². The van der Waals surface area contributed by atoms with Crippen LogP contribution < -0.4 is 5.32 Å². The maximum absolute atomic E-state index is 9.26. The van der Waals surface area contributed by atoms with Gasteiger partial charge in [0.1, 0.15) is 11.9 Å². The van der Waals surface area contributed by atoms with Gasteiger partial charge >= 0.3 is 0 Å². The van der Waals surface area contributed by atoms with Crippen LogP contribution in [-0.2, 0) is 0 Å². The summed E-state index contributed by atoms with van der Waals surface area (Å²) in [6, 6.07) is 19.5. The number of nitrogens with one attached hydrogen (secondary N) is 1. The zero-order chi connectivity index (χ0) is 13.9. The minimum Gasteiger partial charge on any atom is -0.339 e. The molecule has 4 heteroatoms. The summed E-state index contributed by atoms with van der Waals surface area (Å²) < 4.78 is 1.01. The van der Waals surface area contributed by atoms with Crippen molar-refractivity contribution in [2.24, 2.45) is 0 Å². The topological polar surface area (TPSA) is 48.7 Å². The van der Waals surface area contributed by atoms with E-state index in [1.165, 1.54) is 0 Å². The molecule has 0 atom stereocenters. The SMILES string of the molecule is N#Cc1cc2ccccc2nc1Nc1ccc(Br)cc1. The molecule has 0 aliphatic heterocycles. The molecule has 0 radical (unpaired) electrons. The summed E-state index contributed by atoms with van der Waals surface area (Å²) in [5.41, 5.74) is 2.30. The third-order valence-electron chi connectivity index (χ3n) is 2.95. The van der Waals surface area contributed by atoms with Crippen molar-refractivity contribution in [3.8, 4) is 6.07 Å². The van der Waals surface area contributed by atoms with Crippen molar-refractivity contribution in [2.75, 3.05) is 5.32 Å². The molecule has 0 bridgehead atoms. The maximum Gasteiger partial charge on any atom is 0.149 e. The fourth-order valence-electron chi connectivity index (χ4n) is 1.97. The molecule has 0 amide bonds. The Morgan fingerprint density at radius 3 is 2.55 bits per heavy atom. The lowest BCUT2D eigenvalue weighted by Crippen LogP contribution is -1.97.